The minimum atomic E-state index is -0.433. The lowest BCUT2D eigenvalue weighted by Gasteiger charge is -2.22. The first-order valence-electron chi connectivity index (χ1n) is 9.51. The Kier molecular flexibility index (Phi) is 7.76. The smallest absolute Gasteiger partial charge is 0.321 e. The molecule has 3 rings (SSSR count). The van der Waals surface area contributed by atoms with E-state index in [1.807, 2.05) is 0 Å². The number of hydrogen-bond donors (Lipinski definition) is 2. The summed E-state index contributed by atoms with van der Waals surface area (Å²) in [6, 6.07) is 6.77. The van der Waals surface area contributed by atoms with E-state index in [2.05, 4.69) is 20.8 Å². The van der Waals surface area contributed by atoms with Gasteiger partial charge in [0.2, 0.25) is 5.91 Å². The summed E-state index contributed by atoms with van der Waals surface area (Å²) in [5.41, 5.74) is 0. The number of thioether (sulfide) groups is 1. The van der Waals surface area contributed by atoms with Gasteiger partial charge in [0.15, 0.2) is 11.0 Å². The lowest BCUT2D eigenvalue weighted by Crippen LogP contribution is -2.45. The summed E-state index contributed by atoms with van der Waals surface area (Å²) in [6.07, 6.45) is 5.38. The lowest BCUT2D eigenvalue weighted by atomic mass is 9.96. The first-order valence-corrected chi connectivity index (χ1v) is 10.9. The van der Waals surface area contributed by atoms with Gasteiger partial charge in [-0.1, -0.05) is 42.6 Å². The fourth-order valence-electron chi connectivity index (χ4n) is 3.04. The monoisotopic (exact) mass is 437 g/mol. The molecule has 1 fully saturated rings. The maximum absolute atomic E-state index is 12.0. The van der Waals surface area contributed by atoms with E-state index in [9.17, 15) is 9.59 Å². The van der Waals surface area contributed by atoms with Gasteiger partial charge in [-0.25, -0.2) is 4.79 Å². The van der Waals surface area contributed by atoms with Gasteiger partial charge in [0.1, 0.15) is 12.4 Å². The number of rotatable bonds is 7. The number of urea groups is 1. The number of imide groups is 1. The molecule has 1 aromatic heterocycles. The van der Waals surface area contributed by atoms with Crippen molar-refractivity contribution in [3.8, 4) is 5.75 Å². The minimum Gasteiger partial charge on any atom is -0.486 e. The molecular weight excluding hydrogens is 414 g/mol. The second-order valence-corrected chi connectivity index (χ2v) is 8.22. The quantitative estimate of drug-likeness (QED) is 0.645. The third kappa shape index (κ3) is 6.64. The molecule has 1 aliphatic rings. The molecule has 0 atom stereocenters. The van der Waals surface area contributed by atoms with Crippen LogP contribution in [-0.2, 0) is 18.4 Å². The predicted molar refractivity (Wildman–Crippen MR) is 111 cm³/mol. The average Bonchev–Trinajstić information content (AvgIpc) is 3.06. The molecule has 10 heteroatoms. The molecule has 29 heavy (non-hydrogen) atoms. The van der Waals surface area contributed by atoms with Crippen molar-refractivity contribution < 1.29 is 14.3 Å². The summed E-state index contributed by atoms with van der Waals surface area (Å²) in [4.78, 5) is 24.0. The molecule has 1 saturated carbocycles. The van der Waals surface area contributed by atoms with Crippen molar-refractivity contribution in [1.82, 2.24) is 25.4 Å². The van der Waals surface area contributed by atoms with Crippen LogP contribution in [0.15, 0.2) is 29.4 Å². The Morgan fingerprint density at radius 2 is 1.93 bits per heavy atom. The number of nitrogens with one attached hydrogen (secondary N) is 2. The Morgan fingerprint density at radius 3 is 2.66 bits per heavy atom. The molecule has 156 valence electrons. The van der Waals surface area contributed by atoms with E-state index in [1.165, 1.54) is 18.2 Å². The summed E-state index contributed by atoms with van der Waals surface area (Å²) in [5.74, 6) is 1.00. The largest absolute Gasteiger partial charge is 0.486 e. The van der Waals surface area contributed by atoms with E-state index in [0.29, 0.717) is 21.8 Å². The van der Waals surface area contributed by atoms with Crippen molar-refractivity contribution in [2.75, 3.05) is 5.75 Å². The van der Waals surface area contributed by atoms with Crippen LogP contribution in [0.3, 0.4) is 0 Å². The van der Waals surface area contributed by atoms with Crippen LogP contribution in [0.2, 0.25) is 5.02 Å². The van der Waals surface area contributed by atoms with Gasteiger partial charge in [-0.2, -0.15) is 0 Å². The summed E-state index contributed by atoms with van der Waals surface area (Å²) >= 11 is 7.07. The van der Waals surface area contributed by atoms with E-state index >= 15 is 0 Å². The zero-order valence-electron chi connectivity index (χ0n) is 16.2. The van der Waals surface area contributed by atoms with E-state index < -0.39 is 6.03 Å². The number of benzene rings is 1. The van der Waals surface area contributed by atoms with E-state index in [1.54, 1.807) is 35.9 Å². The minimum absolute atomic E-state index is 0.0715. The molecule has 0 spiro atoms. The van der Waals surface area contributed by atoms with Crippen LogP contribution in [0.1, 0.15) is 37.9 Å². The number of ether oxygens (including phenoxy) is 1. The maximum Gasteiger partial charge on any atom is 0.321 e. The molecule has 0 radical (unpaired) electrons. The highest BCUT2D eigenvalue weighted by atomic mass is 35.5. The Morgan fingerprint density at radius 1 is 1.21 bits per heavy atom. The molecule has 0 aliphatic heterocycles. The summed E-state index contributed by atoms with van der Waals surface area (Å²) in [6.45, 7) is 0.238. The van der Waals surface area contributed by atoms with Crippen LogP contribution in [-0.4, -0.2) is 38.5 Å². The Bertz CT molecular complexity index is 837. The van der Waals surface area contributed by atoms with E-state index in [4.69, 9.17) is 16.3 Å². The zero-order valence-corrected chi connectivity index (χ0v) is 17.8. The van der Waals surface area contributed by atoms with Crippen molar-refractivity contribution in [3.63, 3.8) is 0 Å². The second kappa shape index (κ2) is 10.5. The van der Waals surface area contributed by atoms with Gasteiger partial charge >= 0.3 is 6.03 Å². The highest BCUT2D eigenvalue weighted by Gasteiger charge is 2.18. The molecule has 1 heterocycles. The van der Waals surface area contributed by atoms with Crippen LogP contribution in [0.25, 0.3) is 0 Å². The highest BCUT2D eigenvalue weighted by molar-refractivity contribution is 7.99. The van der Waals surface area contributed by atoms with Crippen LogP contribution in [0.4, 0.5) is 4.79 Å². The molecule has 8 nitrogen and oxygen atoms in total. The fraction of sp³-hybridized carbons (Fsp3) is 0.474. The predicted octanol–water partition coefficient (Wildman–Crippen LogP) is 3.30. The number of aromatic nitrogens is 3. The highest BCUT2D eigenvalue weighted by Crippen LogP contribution is 2.19. The van der Waals surface area contributed by atoms with Crippen LogP contribution < -0.4 is 15.4 Å². The first-order chi connectivity index (χ1) is 14.0. The standard InChI is InChI=1S/C19H24ClN5O3S/c1-25-16(11-28-15-9-7-13(20)8-10-15)23-24-19(25)29-12-17(26)22-18(27)21-14-5-3-2-4-6-14/h7-10,14H,2-6,11-12H2,1H3,(H2,21,22,26,27). The fourth-order valence-corrected chi connectivity index (χ4v) is 3.89. The Hall–Kier alpha value is -2.26. The van der Waals surface area contributed by atoms with Gasteiger partial charge in [0, 0.05) is 18.1 Å². The molecule has 0 unspecified atom stereocenters. The van der Waals surface area contributed by atoms with Crippen LogP contribution >= 0.6 is 23.4 Å². The molecule has 2 aromatic rings. The van der Waals surface area contributed by atoms with Crippen LogP contribution in [0, 0.1) is 0 Å². The number of carbonyl (C=O) groups is 2. The summed E-state index contributed by atoms with van der Waals surface area (Å²) in [5, 5.41) is 14.6. The van der Waals surface area contributed by atoms with Gasteiger partial charge in [-0.15, -0.1) is 10.2 Å². The van der Waals surface area contributed by atoms with Crippen molar-refractivity contribution in [1.29, 1.82) is 0 Å². The lowest BCUT2D eigenvalue weighted by molar-refractivity contribution is -0.117. The molecular formula is C19H24ClN5O3S. The normalized spacial score (nSPS) is 14.4. The van der Waals surface area contributed by atoms with E-state index in [0.717, 1.165) is 25.7 Å². The van der Waals surface area contributed by atoms with Gasteiger partial charge in [-0.3, -0.25) is 10.1 Å². The molecule has 3 amide bonds. The number of carbonyl (C=O) groups excluding carboxylic acids is 2. The molecule has 1 aromatic carbocycles. The maximum atomic E-state index is 12.0. The van der Waals surface area contributed by atoms with Gasteiger partial charge in [-0.05, 0) is 37.1 Å². The Balaban J connectivity index is 1.42. The van der Waals surface area contributed by atoms with Crippen molar-refractivity contribution in [2.24, 2.45) is 7.05 Å². The average molecular weight is 438 g/mol. The Labute approximate surface area is 178 Å². The molecule has 0 bridgehead atoms. The van der Waals surface area contributed by atoms with E-state index in [-0.39, 0.29) is 24.3 Å². The van der Waals surface area contributed by atoms with Crippen molar-refractivity contribution in [3.05, 3.63) is 35.1 Å². The topological polar surface area (TPSA) is 98.1 Å². The van der Waals surface area contributed by atoms with Gasteiger partial charge < -0.3 is 14.6 Å². The zero-order chi connectivity index (χ0) is 20.6. The summed E-state index contributed by atoms with van der Waals surface area (Å²) in [7, 11) is 1.80. The number of nitrogens with zero attached hydrogens (tertiary/aromatic N) is 3. The second-order valence-electron chi connectivity index (χ2n) is 6.85. The van der Waals surface area contributed by atoms with Crippen molar-refractivity contribution >= 4 is 35.3 Å². The molecule has 0 saturated heterocycles. The third-order valence-corrected chi connectivity index (χ3v) is 5.90. The molecule has 1 aliphatic carbocycles. The number of amides is 3. The first kappa shape index (κ1) is 21.4. The number of halogens is 1. The molecule has 2 N–H and O–H groups in total. The third-order valence-electron chi connectivity index (χ3n) is 4.63. The summed E-state index contributed by atoms with van der Waals surface area (Å²) < 4.78 is 7.43. The van der Waals surface area contributed by atoms with Crippen molar-refractivity contribution in [2.45, 2.75) is 49.9 Å². The van der Waals surface area contributed by atoms with Gasteiger partial charge in [0.05, 0.1) is 5.75 Å². The van der Waals surface area contributed by atoms with Crippen LogP contribution in [0.5, 0.6) is 5.75 Å². The van der Waals surface area contributed by atoms with Gasteiger partial charge in [0.25, 0.3) is 0 Å². The number of hydrogen-bond acceptors (Lipinski definition) is 6. The SMILES string of the molecule is Cn1c(COc2ccc(Cl)cc2)nnc1SCC(=O)NC(=O)NC1CCCCC1.